The summed E-state index contributed by atoms with van der Waals surface area (Å²) in [5.74, 6) is -0.349. The van der Waals surface area contributed by atoms with E-state index in [1.165, 1.54) is 6.08 Å². The first-order valence-electron chi connectivity index (χ1n) is 8.93. The van der Waals surface area contributed by atoms with E-state index in [1.807, 2.05) is 0 Å². The van der Waals surface area contributed by atoms with Crippen molar-refractivity contribution in [3.05, 3.63) is 12.7 Å². The van der Waals surface area contributed by atoms with Crippen molar-refractivity contribution in [3.8, 4) is 0 Å². The van der Waals surface area contributed by atoms with Crippen LogP contribution in [0.3, 0.4) is 0 Å². The normalized spacial score (nSPS) is 13.5. The van der Waals surface area contributed by atoms with Crippen LogP contribution in [0.2, 0.25) is 27.7 Å². The minimum absolute atomic E-state index is 0.203. The van der Waals surface area contributed by atoms with Gasteiger partial charge in [-0.25, -0.2) is 4.79 Å². The maximum atomic E-state index is 12.1. The highest BCUT2D eigenvalue weighted by molar-refractivity contribution is 6.88. The zero-order chi connectivity index (χ0) is 18.6. The van der Waals surface area contributed by atoms with Crippen LogP contribution in [0, 0.1) is 0 Å². The van der Waals surface area contributed by atoms with Gasteiger partial charge in [0, 0.05) is 17.2 Å². The van der Waals surface area contributed by atoms with Gasteiger partial charge in [0.1, 0.15) is 0 Å². The molecule has 0 rings (SSSR count). The second-order valence-corrected chi connectivity index (χ2v) is 18.0. The van der Waals surface area contributed by atoms with E-state index in [0.29, 0.717) is 16.6 Å². The Morgan fingerprint density at radius 3 is 1.35 bits per heavy atom. The number of carbonyl (C=O) groups excluding carboxylic acids is 1. The molecule has 0 aliphatic carbocycles. The van der Waals surface area contributed by atoms with Crippen molar-refractivity contribution in [3.63, 3.8) is 0 Å². The highest BCUT2D eigenvalue weighted by Crippen LogP contribution is 2.48. The van der Waals surface area contributed by atoms with Crippen LogP contribution in [0.25, 0.3) is 0 Å². The van der Waals surface area contributed by atoms with Crippen LogP contribution < -0.4 is 0 Å². The van der Waals surface area contributed by atoms with Gasteiger partial charge < -0.3 is 8.54 Å². The van der Waals surface area contributed by atoms with Gasteiger partial charge in [0.25, 0.3) is 0 Å². The molecule has 0 aromatic carbocycles. The molecule has 0 heterocycles. The van der Waals surface area contributed by atoms with Gasteiger partial charge in [-0.05, 0) is 16.6 Å². The summed E-state index contributed by atoms with van der Waals surface area (Å²) in [6.07, 6.45) is 1.26. The first kappa shape index (κ1) is 22.6. The highest BCUT2D eigenvalue weighted by Gasteiger charge is 2.57. The van der Waals surface area contributed by atoms with Gasteiger partial charge >= 0.3 is 14.5 Å². The van der Waals surface area contributed by atoms with E-state index in [2.05, 4.69) is 75.8 Å². The summed E-state index contributed by atoms with van der Waals surface area (Å²) in [6, 6.07) is 0. The van der Waals surface area contributed by atoms with Crippen LogP contribution >= 0.6 is 0 Å². The lowest BCUT2D eigenvalue weighted by atomic mass is 10.5. The van der Waals surface area contributed by atoms with Gasteiger partial charge in [-0.2, -0.15) is 0 Å². The fourth-order valence-electron chi connectivity index (χ4n) is 3.99. The van der Waals surface area contributed by atoms with E-state index < -0.39 is 16.9 Å². The quantitative estimate of drug-likeness (QED) is 0.365. The van der Waals surface area contributed by atoms with E-state index in [0.717, 1.165) is 0 Å². The molecule has 0 bridgehead atoms. The number of hydrogen-bond donors (Lipinski definition) is 0. The Hall–Kier alpha value is -0.396. The predicted octanol–water partition coefficient (Wildman–Crippen LogP) is 6.17. The molecular formula is C18H38O3Si2. The molecule has 0 atom stereocenters. The molecule has 136 valence electrons. The van der Waals surface area contributed by atoms with Crippen LogP contribution in [0.15, 0.2) is 12.7 Å². The summed E-state index contributed by atoms with van der Waals surface area (Å²) >= 11 is 0. The van der Waals surface area contributed by atoms with Crippen LogP contribution in [0.5, 0.6) is 0 Å². The van der Waals surface area contributed by atoms with Crippen molar-refractivity contribution in [2.45, 2.75) is 96.9 Å². The number of carbonyl (C=O) groups is 1. The zero-order valence-corrected chi connectivity index (χ0v) is 18.9. The Bertz CT molecular complexity index is 371. The van der Waals surface area contributed by atoms with E-state index >= 15 is 0 Å². The minimum Gasteiger partial charge on any atom is -0.491 e. The van der Waals surface area contributed by atoms with Gasteiger partial charge in [0.05, 0.1) is 0 Å². The fourth-order valence-corrected chi connectivity index (χ4v) is 17.3. The summed E-state index contributed by atoms with van der Waals surface area (Å²) in [5.41, 5.74) is 1.81. The van der Waals surface area contributed by atoms with E-state index in [9.17, 15) is 4.79 Å². The molecule has 23 heavy (non-hydrogen) atoms. The lowest BCUT2D eigenvalue weighted by Crippen LogP contribution is -2.61. The van der Waals surface area contributed by atoms with Gasteiger partial charge in [-0.3, -0.25) is 0 Å². The SMILES string of the molecule is C=CC(=O)O[Si](O[Si](C(C)C)(C(C)C)C(C)C)(C(C)C)C(C)C. The Labute approximate surface area is 146 Å². The molecule has 0 spiro atoms. The minimum atomic E-state index is -2.72. The molecule has 0 aliphatic rings. The average Bonchev–Trinajstić information content (AvgIpc) is 2.40. The lowest BCUT2D eigenvalue weighted by Gasteiger charge is -2.50. The van der Waals surface area contributed by atoms with Crippen molar-refractivity contribution in [1.82, 2.24) is 0 Å². The largest absolute Gasteiger partial charge is 0.491 e. The topological polar surface area (TPSA) is 35.5 Å². The summed E-state index contributed by atoms with van der Waals surface area (Å²) in [5, 5.41) is 0. The van der Waals surface area contributed by atoms with E-state index in [1.54, 1.807) is 0 Å². The Balaban J connectivity index is 6.17. The van der Waals surface area contributed by atoms with Crippen LogP contribution in [0.1, 0.15) is 69.2 Å². The Morgan fingerprint density at radius 1 is 0.783 bits per heavy atom. The molecule has 0 saturated carbocycles. The van der Waals surface area contributed by atoms with Crippen LogP contribution in [-0.2, 0) is 13.3 Å². The van der Waals surface area contributed by atoms with Crippen molar-refractivity contribution in [1.29, 1.82) is 0 Å². The summed E-state index contributed by atoms with van der Waals surface area (Å²) in [4.78, 5) is 12.1. The van der Waals surface area contributed by atoms with Crippen molar-refractivity contribution in [2.24, 2.45) is 0 Å². The molecule has 0 saturated heterocycles. The molecule has 0 unspecified atom stereocenters. The second-order valence-electron chi connectivity index (χ2n) is 8.08. The maximum Gasteiger partial charge on any atom is 0.397 e. The Kier molecular flexibility index (Phi) is 8.48. The van der Waals surface area contributed by atoms with Gasteiger partial charge in [-0.15, -0.1) is 0 Å². The smallest absolute Gasteiger partial charge is 0.397 e. The molecule has 0 N–H and O–H groups in total. The molecule has 0 aliphatic heterocycles. The van der Waals surface area contributed by atoms with Crippen molar-refractivity contribution >= 4 is 22.8 Å². The van der Waals surface area contributed by atoms with Crippen molar-refractivity contribution in [2.75, 3.05) is 0 Å². The molecule has 0 radical (unpaired) electrons. The Morgan fingerprint density at radius 2 is 1.13 bits per heavy atom. The van der Waals surface area contributed by atoms with Gasteiger partial charge in [0.15, 0.2) is 8.32 Å². The van der Waals surface area contributed by atoms with Crippen LogP contribution in [0.4, 0.5) is 0 Å². The van der Waals surface area contributed by atoms with Gasteiger partial charge in [-0.1, -0.05) is 75.8 Å². The monoisotopic (exact) mass is 358 g/mol. The molecule has 0 aromatic heterocycles. The van der Waals surface area contributed by atoms with Crippen LogP contribution in [-0.4, -0.2) is 22.8 Å². The van der Waals surface area contributed by atoms with E-state index in [4.69, 9.17) is 8.54 Å². The number of rotatable bonds is 9. The summed E-state index contributed by atoms with van der Waals surface area (Å²) in [6.45, 7) is 25.7. The third-order valence-corrected chi connectivity index (χ3v) is 16.9. The molecular weight excluding hydrogens is 320 g/mol. The number of hydrogen-bond acceptors (Lipinski definition) is 3. The third-order valence-electron chi connectivity index (χ3n) is 5.08. The zero-order valence-electron chi connectivity index (χ0n) is 16.9. The van der Waals surface area contributed by atoms with E-state index in [-0.39, 0.29) is 17.1 Å². The first-order chi connectivity index (χ1) is 10.4. The lowest BCUT2D eigenvalue weighted by molar-refractivity contribution is -0.131. The van der Waals surface area contributed by atoms with Gasteiger partial charge in [0.2, 0.25) is 0 Å². The molecule has 0 fully saturated rings. The summed E-state index contributed by atoms with van der Waals surface area (Å²) < 4.78 is 13.1. The maximum absolute atomic E-state index is 12.1. The highest BCUT2D eigenvalue weighted by atomic mass is 28.4. The molecule has 3 nitrogen and oxygen atoms in total. The summed E-state index contributed by atoms with van der Waals surface area (Å²) in [7, 11) is -4.84. The standard InChI is InChI=1S/C18H38O3Si2/c1-12-18(19)20-23(16(8)9,17(10)11)21-22(13(2)3,14(4)5)15(6)7/h12-17H,1H2,2-11H3. The first-order valence-corrected chi connectivity index (χ1v) is 13.0. The average molecular weight is 359 g/mol. The molecule has 0 aromatic rings. The molecule has 0 amide bonds. The second kappa shape index (κ2) is 8.63. The van der Waals surface area contributed by atoms with Crippen molar-refractivity contribution < 1.29 is 13.3 Å². The molecule has 5 heteroatoms. The predicted molar refractivity (Wildman–Crippen MR) is 104 cm³/mol. The third kappa shape index (κ3) is 4.57. The fraction of sp³-hybridized carbons (Fsp3) is 0.833.